The number of halogens is 3. The molecule has 0 atom stereocenters. The third kappa shape index (κ3) is 3.78. The van der Waals surface area contributed by atoms with Crippen LogP contribution >= 0.6 is 0 Å². The van der Waals surface area contributed by atoms with Gasteiger partial charge in [-0.3, -0.25) is 0 Å². The summed E-state index contributed by atoms with van der Waals surface area (Å²) in [6.07, 6.45) is -2.93. The number of benzene rings is 1. The zero-order chi connectivity index (χ0) is 9.90. The third-order valence-corrected chi connectivity index (χ3v) is 1.51. The predicted octanol–water partition coefficient (Wildman–Crippen LogP) is 3.57. The van der Waals surface area contributed by atoms with Crippen molar-refractivity contribution in [2.24, 2.45) is 0 Å². The van der Waals surface area contributed by atoms with Crippen LogP contribution < -0.4 is 0 Å². The second-order valence-corrected chi connectivity index (χ2v) is 2.79. The maximum atomic E-state index is 11.8. The van der Waals surface area contributed by atoms with Crippen molar-refractivity contribution >= 4 is 6.08 Å². The van der Waals surface area contributed by atoms with Crippen molar-refractivity contribution in [3.05, 3.63) is 41.5 Å². The number of aryl methyl sites for hydroxylation is 1. The van der Waals surface area contributed by atoms with Gasteiger partial charge in [0.25, 0.3) is 0 Å². The molecule has 0 bridgehead atoms. The van der Waals surface area contributed by atoms with Gasteiger partial charge in [-0.25, -0.2) is 0 Å². The summed E-state index contributed by atoms with van der Waals surface area (Å²) >= 11 is 0. The van der Waals surface area contributed by atoms with Gasteiger partial charge in [-0.15, -0.1) is 0 Å². The SMILES string of the molecule is Cc1cccc(/C=C/C(F)(F)F)c1. The Morgan fingerprint density at radius 2 is 1.92 bits per heavy atom. The fourth-order valence-electron chi connectivity index (χ4n) is 0.965. The molecule has 0 aliphatic heterocycles. The fourth-order valence-corrected chi connectivity index (χ4v) is 0.965. The molecule has 70 valence electrons. The smallest absolute Gasteiger partial charge is 0.167 e. The standard InChI is InChI=1S/C10H9F3/c1-8-3-2-4-9(7-8)5-6-10(11,12)13/h2-7H,1H3/b6-5+. The Morgan fingerprint density at radius 3 is 2.46 bits per heavy atom. The van der Waals surface area contributed by atoms with Crippen molar-refractivity contribution < 1.29 is 13.2 Å². The highest BCUT2D eigenvalue weighted by molar-refractivity contribution is 5.50. The topological polar surface area (TPSA) is 0 Å². The van der Waals surface area contributed by atoms with E-state index in [1.807, 2.05) is 13.0 Å². The molecule has 0 saturated heterocycles. The predicted molar refractivity (Wildman–Crippen MR) is 46.3 cm³/mol. The van der Waals surface area contributed by atoms with E-state index in [1.54, 1.807) is 18.2 Å². The first-order chi connectivity index (χ1) is 5.97. The van der Waals surface area contributed by atoms with Crippen molar-refractivity contribution in [3.63, 3.8) is 0 Å². The average Bonchev–Trinajstić information content (AvgIpc) is 2.00. The second-order valence-electron chi connectivity index (χ2n) is 2.79. The molecular weight excluding hydrogens is 177 g/mol. The number of hydrogen-bond acceptors (Lipinski definition) is 0. The molecule has 0 aliphatic carbocycles. The Bertz CT molecular complexity index is 310. The zero-order valence-electron chi connectivity index (χ0n) is 7.10. The fraction of sp³-hybridized carbons (Fsp3) is 0.200. The molecule has 0 amide bonds. The third-order valence-electron chi connectivity index (χ3n) is 1.51. The van der Waals surface area contributed by atoms with E-state index in [1.165, 1.54) is 0 Å². The van der Waals surface area contributed by atoms with Gasteiger partial charge in [0, 0.05) is 6.08 Å². The summed E-state index contributed by atoms with van der Waals surface area (Å²) in [6.45, 7) is 1.84. The highest BCUT2D eigenvalue weighted by Gasteiger charge is 2.21. The number of hydrogen-bond donors (Lipinski definition) is 0. The van der Waals surface area contributed by atoms with Gasteiger partial charge in [0.05, 0.1) is 0 Å². The number of allylic oxidation sites excluding steroid dienone is 1. The first-order valence-corrected chi connectivity index (χ1v) is 3.80. The van der Waals surface area contributed by atoms with Crippen LogP contribution in [0.4, 0.5) is 13.2 Å². The van der Waals surface area contributed by atoms with Crippen molar-refractivity contribution in [1.82, 2.24) is 0 Å². The van der Waals surface area contributed by atoms with E-state index in [4.69, 9.17) is 0 Å². The second kappa shape index (κ2) is 3.64. The Morgan fingerprint density at radius 1 is 1.23 bits per heavy atom. The van der Waals surface area contributed by atoms with E-state index in [0.29, 0.717) is 5.56 Å². The van der Waals surface area contributed by atoms with E-state index in [2.05, 4.69) is 0 Å². The van der Waals surface area contributed by atoms with E-state index >= 15 is 0 Å². The summed E-state index contributed by atoms with van der Waals surface area (Å²) in [7, 11) is 0. The summed E-state index contributed by atoms with van der Waals surface area (Å²) in [5, 5.41) is 0. The normalized spacial score (nSPS) is 12.3. The summed E-state index contributed by atoms with van der Waals surface area (Å²) in [5.41, 5.74) is 1.52. The minimum Gasteiger partial charge on any atom is -0.167 e. The zero-order valence-corrected chi connectivity index (χ0v) is 7.10. The van der Waals surface area contributed by atoms with E-state index in [-0.39, 0.29) is 6.08 Å². The Labute approximate surface area is 74.7 Å². The molecule has 0 saturated carbocycles. The molecule has 0 nitrogen and oxygen atoms in total. The molecule has 0 aliphatic rings. The van der Waals surface area contributed by atoms with Gasteiger partial charge in [0.1, 0.15) is 0 Å². The molecule has 3 heteroatoms. The molecule has 13 heavy (non-hydrogen) atoms. The highest BCUT2D eigenvalue weighted by Crippen LogP contribution is 2.18. The lowest BCUT2D eigenvalue weighted by Gasteiger charge is -1.98. The number of rotatable bonds is 1. The molecule has 1 rings (SSSR count). The molecule has 0 fully saturated rings. The van der Waals surface area contributed by atoms with Crippen LogP contribution in [0.1, 0.15) is 11.1 Å². The Kier molecular flexibility index (Phi) is 2.76. The van der Waals surface area contributed by atoms with E-state index in [9.17, 15) is 13.2 Å². The quantitative estimate of drug-likeness (QED) is 0.628. The minimum atomic E-state index is -4.23. The van der Waals surface area contributed by atoms with Gasteiger partial charge in [-0.1, -0.05) is 35.9 Å². The average molecular weight is 186 g/mol. The summed E-state index contributed by atoms with van der Waals surface area (Å²) in [6, 6.07) is 6.90. The van der Waals surface area contributed by atoms with Crippen LogP contribution in [0.2, 0.25) is 0 Å². The van der Waals surface area contributed by atoms with Crippen LogP contribution in [-0.4, -0.2) is 6.18 Å². The first kappa shape index (κ1) is 9.84. The molecule has 1 aromatic rings. The van der Waals surface area contributed by atoms with Crippen LogP contribution in [0, 0.1) is 6.92 Å². The molecular formula is C10H9F3. The lowest BCUT2D eigenvalue weighted by molar-refractivity contribution is -0.0790. The summed E-state index contributed by atoms with van der Waals surface area (Å²) < 4.78 is 35.3. The first-order valence-electron chi connectivity index (χ1n) is 3.80. The molecule has 0 unspecified atom stereocenters. The Hall–Kier alpha value is -1.25. The van der Waals surface area contributed by atoms with Crippen LogP contribution in [0.25, 0.3) is 6.08 Å². The van der Waals surface area contributed by atoms with Crippen LogP contribution in [0.3, 0.4) is 0 Å². The molecule has 0 heterocycles. The lowest BCUT2D eigenvalue weighted by Crippen LogP contribution is -2.00. The largest absolute Gasteiger partial charge is 0.409 e. The van der Waals surface area contributed by atoms with Crippen LogP contribution in [0.15, 0.2) is 30.3 Å². The van der Waals surface area contributed by atoms with Crippen LogP contribution in [0.5, 0.6) is 0 Å². The summed E-state index contributed by atoms with van der Waals surface area (Å²) in [4.78, 5) is 0. The van der Waals surface area contributed by atoms with E-state index < -0.39 is 6.18 Å². The van der Waals surface area contributed by atoms with Gasteiger partial charge in [0.2, 0.25) is 0 Å². The minimum absolute atomic E-state index is 0.238. The van der Waals surface area contributed by atoms with Gasteiger partial charge in [-0.2, -0.15) is 13.2 Å². The van der Waals surface area contributed by atoms with Crippen molar-refractivity contribution in [3.8, 4) is 0 Å². The van der Waals surface area contributed by atoms with Gasteiger partial charge < -0.3 is 0 Å². The van der Waals surface area contributed by atoms with E-state index in [0.717, 1.165) is 11.6 Å². The molecule has 0 aromatic heterocycles. The van der Waals surface area contributed by atoms with Crippen LogP contribution in [-0.2, 0) is 0 Å². The molecule has 0 radical (unpaired) electrons. The molecule has 0 spiro atoms. The monoisotopic (exact) mass is 186 g/mol. The van der Waals surface area contributed by atoms with Gasteiger partial charge >= 0.3 is 6.18 Å². The molecule has 0 N–H and O–H groups in total. The van der Waals surface area contributed by atoms with Crippen molar-refractivity contribution in [2.45, 2.75) is 13.1 Å². The molecule has 1 aromatic carbocycles. The maximum absolute atomic E-state index is 11.8. The maximum Gasteiger partial charge on any atom is 0.409 e. The number of alkyl halides is 3. The summed E-state index contributed by atoms with van der Waals surface area (Å²) in [5.74, 6) is 0. The van der Waals surface area contributed by atoms with Crippen molar-refractivity contribution in [1.29, 1.82) is 0 Å². The highest BCUT2D eigenvalue weighted by atomic mass is 19.4. The van der Waals surface area contributed by atoms with Gasteiger partial charge in [0.15, 0.2) is 0 Å². The lowest BCUT2D eigenvalue weighted by atomic mass is 10.1. The van der Waals surface area contributed by atoms with Gasteiger partial charge in [-0.05, 0) is 12.5 Å². The van der Waals surface area contributed by atoms with Crippen molar-refractivity contribution in [2.75, 3.05) is 0 Å². The Balaban J connectivity index is 2.80.